The van der Waals surface area contributed by atoms with E-state index >= 15 is 0 Å². The normalized spacial score (nSPS) is 11.2. The maximum Gasteiger partial charge on any atom is 0.573 e. The molecular formula is C13H11F3N4O4. The van der Waals surface area contributed by atoms with Crippen LogP contribution in [0.3, 0.4) is 0 Å². The molecule has 1 heterocycles. The molecule has 24 heavy (non-hydrogen) atoms. The van der Waals surface area contributed by atoms with Gasteiger partial charge in [0.2, 0.25) is 5.69 Å². The molecule has 1 aromatic heterocycles. The van der Waals surface area contributed by atoms with Gasteiger partial charge in [0.25, 0.3) is 5.91 Å². The van der Waals surface area contributed by atoms with Gasteiger partial charge in [-0.15, -0.1) is 13.2 Å². The molecule has 2 aromatic rings. The molecule has 0 saturated carbocycles. The minimum absolute atomic E-state index is 0.134. The van der Waals surface area contributed by atoms with Crippen LogP contribution in [-0.2, 0) is 6.54 Å². The van der Waals surface area contributed by atoms with Crippen LogP contribution in [-0.4, -0.2) is 27.0 Å². The third kappa shape index (κ3) is 4.21. The van der Waals surface area contributed by atoms with Crippen molar-refractivity contribution in [2.24, 2.45) is 0 Å². The monoisotopic (exact) mass is 344 g/mol. The summed E-state index contributed by atoms with van der Waals surface area (Å²) in [5.74, 6) is -1.31. The van der Waals surface area contributed by atoms with Crippen LogP contribution in [0, 0.1) is 10.1 Å². The summed E-state index contributed by atoms with van der Waals surface area (Å²) in [7, 11) is 0. The van der Waals surface area contributed by atoms with Gasteiger partial charge in [0, 0.05) is 12.2 Å². The van der Waals surface area contributed by atoms with Gasteiger partial charge in [-0.2, -0.15) is 5.10 Å². The summed E-state index contributed by atoms with van der Waals surface area (Å²) in [6.07, 6.45) is -3.70. The minimum Gasteiger partial charge on any atom is -0.406 e. The van der Waals surface area contributed by atoms with E-state index in [0.29, 0.717) is 6.54 Å². The Morgan fingerprint density at radius 2 is 2.00 bits per heavy atom. The number of amides is 1. The second-order valence-corrected chi connectivity index (χ2v) is 4.50. The highest BCUT2D eigenvalue weighted by Crippen LogP contribution is 2.24. The molecule has 0 aliphatic heterocycles. The van der Waals surface area contributed by atoms with Crippen LogP contribution in [0.2, 0.25) is 0 Å². The van der Waals surface area contributed by atoms with E-state index in [-0.39, 0.29) is 5.69 Å². The van der Waals surface area contributed by atoms with E-state index in [9.17, 15) is 28.1 Å². The van der Waals surface area contributed by atoms with Gasteiger partial charge in [-0.1, -0.05) is 0 Å². The predicted octanol–water partition coefficient (Wildman–Crippen LogP) is 2.96. The maximum absolute atomic E-state index is 12.1. The van der Waals surface area contributed by atoms with Gasteiger partial charge in [0.1, 0.15) is 11.9 Å². The Hall–Kier alpha value is -3.11. The number of carbonyl (C=O) groups excluding carboxylic acids is 1. The van der Waals surface area contributed by atoms with Gasteiger partial charge >= 0.3 is 12.0 Å². The smallest absolute Gasteiger partial charge is 0.406 e. The predicted molar refractivity (Wildman–Crippen MR) is 75.6 cm³/mol. The summed E-state index contributed by atoms with van der Waals surface area (Å²) < 4.78 is 41.1. The number of aromatic nitrogens is 2. The zero-order chi connectivity index (χ0) is 17.9. The highest BCUT2D eigenvalue weighted by Gasteiger charge is 2.31. The van der Waals surface area contributed by atoms with Crippen molar-refractivity contribution in [3.63, 3.8) is 0 Å². The maximum atomic E-state index is 12.1. The number of hydrogen-bond acceptors (Lipinski definition) is 5. The van der Waals surface area contributed by atoms with Crippen molar-refractivity contribution in [1.29, 1.82) is 0 Å². The van der Waals surface area contributed by atoms with Crippen molar-refractivity contribution in [2.45, 2.75) is 19.8 Å². The van der Waals surface area contributed by atoms with Crippen LogP contribution in [0.1, 0.15) is 17.4 Å². The van der Waals surface area contributed by atoms with Crippen LogP contribution < -0.4 is 10.1 Å². The number of benzene rings is 1. The molecule has 0 fully saturated rings. The number of rotatable bonds is 5. The lowest BCUT2D eigenvalue weighted by Gasteiger charge is -2.09. The van der Waals surface area contributed by atoms with Gasteiger partial charge < -0.3 is 10.1 Å². The highest BCUT2D eigenvalue weighted by molar-refractivity contribution is 6.05. The van der Waals surface area contributed by atoms with Gasteiger partial charge in [-0.3, -0.25) is 19.6 Å². The van der Waals surface area contributed by atoms with E-state index in [2.05, 4.69) is 15.2 Å². The number of ether oxygens (including phenoxy) is 1. The Kier molecular flexibility index (Phi) is 4.71. The topological polar surface area (TPSA) is 99.3 Å². The molecule has 0 atom stereocenters. The molecule has 11 heteroatoms. The van der Waals surface area contributed by atoms with E-state index in [1.807, 2.05) is 0 Å². The van der Waals surface area contributed by atoms with Crippen LogP contribution in [0.25, 0.3) is 0 Å². The van der Waals surface area contributed by atoms with Crippen LogP contribution in [0.15, 0.2) is 30.5 Å². The van der Waals surface area contributed by atoms with Crippen molar-refractivity contribution in [3.05, 3.63) is 46.3 Å². The Balaban J connectivity index is 2.15. The van der Waals surface area contributed by atoms with Crippen molar-refractivity contribution in [3.8, 4) is 5.75 Å². The molecule has 0 bridgehead atoms. The van der Waals surface area contributed by atoms with E-state index in [1.165, 1.54) is 16.8 Å². The van der Waals surface area contributed by atoms with E-state index < -0.39 is 34.3 Å². The number of aryl methyl sites for hydroxylation is 1. The van der Waals surface area contributed by atoms with Crippen molar-refractivity contribution in [1.82, 2.24) is 9.78 Å². The molecule has 0 radical (unpaired) electrons. The van der Waals surface area contributed by atoms with Crippen molar-refractivity contribution in [2.75, 3.05) is 5.32 Å². The summed E-state index contributed by atoms with van der Waals surface area (Å²) in [5.41, 5.74) is -0.723. The third-order valence-electron chi connectivity index (χ3n) is 2.82. The van der Waals surface area contributed by atoms with Crippen LogP contribution in [0.5, 0.6) is 5.75 Å². The molecule has 2 rings (SSSR count). The average molecular weight is 344 g/mol. The second-order valence-electron chi connectivity index (χ2n) is 4.50. The Morgan fingerprint density at radius 1 is 1.38 bits per heavy atom. The fraction of sp³-hybridized carbons (Fsp3) is 0.231. The van der Waals surface area contributed by atoms with E-state index in [0.717, 1.165) is 18.3 Å². The molecular weight excluding hydrogens is 333 g/mol. The lowest BCUT2D eigenvalue weighted by Crippen LogP contribution is -2.17. The van der Waals surface area contributed by atoms with Crippen molar-refractivity contribution < 1.29 is 27.6 Å². The molecule has 1 amide bonds. The molecule has 128 valence electrons. The summed E-state index contributed by atoms with van der Waals surface area (Å²) in [5, 5.41) is 17.1. The Morgan fingerprint density at radius 3 is 2.50 bits per heavy atom. The van der Waals surface area contributed by atoms with Crippen LogP contribution >= 0.6 is 0 Å². The zero-order valence-electron chi connectivity index (χ0n) is 12.2. The molecule has 0 spiro atoms. The molecule has 0 saturated heterocycles. The molecule has 1 aromatic carbocycles. The summed E-state index contributed by atoms with van der Waals surface area (Å²) in [6, 6.07) is 4.34. The van der Waals surface area contributed by atoms with Crippen LogP contribution in [0.4, 0.5) is 24.5 Å². The molecule has 1 N–H and O–H groups in total. The fourth-order valence-electron chi connectivity index (χ4n) is 1.80. The first kappa shape index (κ1) is 17.2. The number of alkyl halides is 3. The van der Waals surface area contributed by atoms with Gasteiger partial charge in [0.15, 0.2) is 0 Å². The first-order valence-electron chi connectivity index (χ1n) is 6.58. The number of carbonyl (C=O) groups is 1. The van der Waals surface area contributed by atoms with Gasteiger partial charge in [-0.05, 0) is 31.2 Å². The number of halogens is 3. The van der Waals surface area contributed by atoms with E-state index in [1.54, 1.807) is 6.92 Å². The van der Waals surface area contributed by atoms with Gasteiger partial charge in [-0.25, -0.2) is 0 Å². The number of nitrogens with one attached hydrogen (secondary N) is 1. The second kappa shape index (κ2) is 6.56. The quantitative estimate of drug-likeness (QED) is 0.664. The molecule has 0 unspecified atom stereocenters. The fourth-order valence-corrected chi connectivity index (χ4v) is 1.80. The third-order valence-corrected chi connectivity index (χ3v) is 2.82. The molecule has 0 aliphatic rings. The minimum atomic E-state index is -4.82. The lowest BCUT2D eigenvalue weighted by molar-refractivity contribution is -0.385. The standard InChI is InChI=1S/C13H11F3N4O4/c1-2-19-7-10(20(22)23)11(18-19)12(21)17-8-3-5-9(6-4-8)24-13(14,15)16/h3-7H,2H2,1H3,(H,17,21). The summed E-state index contributed by atoms with van der Waals surface area (Å²) >= 11 is 0. The number of anilines is 1. The Bertz CT molecular complexity index is 756. The number of nitro groups is 1. The van der Waals surface area contributed by atoms with E-state index in [4.69, 9.17) is 0 Å². The highest BCUT2D eigenvalue weighted by atomic mass is 19.4. The number of hydrogen-bond donors (Lipinski definition) is 1. The lowest BCUT2D eigenvalue weighted by atomic mass is 10.3. The average Bonchev–Trinajstić information content (AvgIpc) is 2.92. The van der Waals surface area contributed by atoms with Crippen molar-refractivity contribution >= 4 is 17.3 Å². The molecule has 8 nitrogen and oxygen atoms in total. The zero-order valence-corrected chi connectivity index (χ0v) is 12.2. The SMILES string of the molecule is CCn1cc([N+](=O)[O-])c(C(=O)Nc2ccc(OC(F)(F)F)cc2)n1. The van der Waals surface area contributed by atoms with Gasteiger partial charge in [0.05, 0.1) is 4.92 Å². The Labute approximate surface area is 133 Å². The summed E-state index contributed by atoms with van der Waals surface area (Å²) in [4.78, 5) is 22.3. The first-order valence-corrected chi connectivity index (χ1v) is 6.58. The largest absolute Gasteiger partial charge is 0.573 e. The first-order chi connectivity index (χ1) is 11.2. The summed E-state index contributed by atoms with van der Waals surface area (Å²) in [6.45, 7) is 2.02. The molecule has 0 aliphatic carbocycles. The number of nitrogens with zero attached hydrogens (tertiary/aromatic N) is 3.